The first kappa shape index (κ1) is 17.3. The van der Waals surface area contributed by atoms with Gasteiger partial charge in [0.05, 0.1) is 13.2 Å². The van der Waals surface area contributed by atoms with E-state index in [-0.39, 0.29) is 0 Å². The highest BCUT2D eigenvalue weighted by Gasteiger charge is 2.09. The van der Waals surface area contributed by atoms with Crippen LogP contribution < -0.4 is 0 Å². The Bertz CT molecular complexity index is 742. The van der Waals surface area contributed by atoms with Gasteiger partial charge < -0.3 is 9.47 Å². The Morgan fingerprint density at radius 2 is 1.70 bits per heavy atom. The molecule has 2 heterocycles. The van der Waals surface area contributed by atoms with Gasteiger partial charge in [-0.25, -0.2) is 4.52 Å². The van der Waals surface area contributed by atoms with Crippen LogP contribution in [0.4, 0.5) is 0 Å². The van der Waals surface area contributed by atoms with Gasteiger partial charge in [0.25, 0.3) is 5.78 Å². The quantitative estimate of drug-likeness (QED) is 0.542. The van der Waals surface area contributed by atoms with Crippen LogP contribution in [0.3, 0.4) is 0 Å². The van der Waals surface area contributed by atoms with E-state index in [1.807, 2.05) is 43.5 Å². The predicted octanol–water partition coefficient (Wildman–Crippen LogP) is 3.03. The lowest BCUT2D eigenvalue weighted by atomic mass is 10.1. The third-order valence-electron chi connectivity index (χ3n) is 2.97. The van der Waals surface area contributed by atoms with Crippen molar-refractivity contribution in [2.24, 2.45) is 0 Å². The minimum atomic E-state index is 0.441. The molecule has 2 aromatic heterocycles. The standard InChI is InChI=1S/C12H9ClN4.C4H10O2/c1-8-14-12-15-11(13)10(7-17(12)16-8)9-5-3-2-4-6-9;1-5-3-4-6-2/h2-7H,1H3;3-4H2,1-2H3. The summed E-state index contributed by atoms with van der Waals surface area (Å²) in [5.74, 6) is 1.20. The monoisotopic (exact) mass is 334 g/mol. The van der Waals surface area contributed by atoms with Gasteiger partial charge in [0.1, 0.15) is 11.0 Å². The Labute approximate surface area is 140 Å². The molecule has 0 fully saturated rings. The molecular weight excluding hydrogens is 316 g/mol. The van der Waals surface area contributed by atoms with Gasteiger partial charge in [0.15, 0.2) is 0 Å². The fourth-order valence-corrected chi connectivity index (χ4v) is 2.12. The molecule has 0 aliphatic heterocycles. The molecule has 0 aliphatic rings. The van der Waals surface area contributed by atoms with E-state index in [1.54, 1.807) is 18.7 Å². The molecule has 0 N–H and O–H groups in total. The summed E-state index contributed by atoms with van der Waals surface area (Å²) in [6.45, 7) is 3.21. The van der Waals surface area contributed by atoms with Gasteiger partial charge in [-0.2, -0.15) is 15.1 Å². The maximum absolute atomic E-state index is 6.15. The van der Waals surface area contributed by atoms with E-state index in [4.69, 9.17) is 11.6 Å². The molecule has 23 heavy (non-hydrogen) atoms. The molecule has 0 bridgehead atoms. The number of hydrogen-bond donors (Lipinski definition) is 0. The Hall–Kier alpha value is -2.02. The van der Waals surface area contributed by atoms with Crippen LogP contribution in [-0.2, 0) is 9.47 Å². The second kappa shape index (κ2) is 8.57. The number of benzene rings is 1. The second-order valence-electron chi connectivity index (χ2n) is 4.70. The summed E-state index contributed by atoms with van der Waals surface area (Å²) in [6.07, 6.45) is 1.85. The van der Waals surface area contributed by atoms with Crippen LogP contribution in [0.1, 0.15) is 5.82 Å². The zero-order valence-corrected chi connectivity index (χ0v) is 14.1. The van der Waals surface area contributed by atoms with Crippen LogP contribution in [0.5, 0.6) is 0 Å². The Kier molecular flexibility index (Phi) is 6.46. The highest BCUT2D eigenvalue weighted by atomic mass is 35.5. The summed E-state index contributed by atoms with van der Waals surface area (Å²) in [5.41, 5.74) is 1.87. The lowest BCUT2D eigenvalue weighted by Crippen LogP contribution is -1.96. The number of aryl methyl sites for hydroxylation is 1. The van der Waals surface area contributed by atoms with E-state index in [2.05, 4.69) is 24.5 Å². The van der Waals surface area contributed by atoms with Crippen LogP contribution in [-0.4, -0.2) is 47.0 Å². The normalized spacial score (nSPS) is 10.4. The second-order valence-corrected chi connectivity index (χ2v) is 5.06. The molecular formula is C16H19ClN4O2. The van der Waals surface area contributed by atoms with Crippen molar-refractivity contribution in [3.8, 4) is 11.1 Å². The van der Waals surface area contributed by atoms with Crippen molar-refractivity contribution in [2.45, 2.75) is 6.92 Å². The SMILES string of the molecule is COCCOC.Cc1nc2nc(Cl)c(-c3ccccc3)cn2n1. The molecule has 0 saturated heterocycles. The maximum Gasteiger partial charge on any atom is 0.253 e. The van der Waals surface area contributed by atoms with E-state index in [0.717, 1.165) is 11.1 Å². The zero-order chi connectivity index (χ0) is 16.7. The van der Waals surface area contributed by atoms with Gasteiger partial charge in [0.2, 0.25) is 0 Å². The topological polar surface area (TPSA) is 61.5 Å². The van der Waals surface area contributed by atoms with Crippen LogP contribution in [0, 0.1) is 6.92 Å². The van der Waals surface area contributed by atoms with Crippen molar-refractivity contribution in [1.29, 1.82) is 0 Å². The summed E-state index contributed by atoms with van der Waals surface area (Å²) in [5, 5.41) is 4.67. The van der Waals surface area contributed by atoms with Crippen molar-refractivity contribution in [3.05, 3.63) is 47.5 Å². The van der Waals surface area contributed by atoms with Gasteiger partial charge in [-0.1, -0.05) is 41.9 Å². The predicted molar refractivity (Wildman–Crippen MR) is 89.7 cm³/mol. The third-order valence-corrected chi connectivity index (χ3v) is 3.26. The summed E-state index contributed by atoms with van der Waals surface area (Å²) >= 11 is 6.15. The Balaban J connectivity index is 0.000000277. The van der Waals surface area contributed by atoms with Gasteiger partial charge >= 0.3 is 0 Å². The summed E-state index contributed by atoms with van der Waals surface area (Å²) in [7, 11) is 3.30. The smallest absolute Gasteiger partial charge is 0.253 e. The van der Waals surface area contributed by atoms with Gasteiger partial charge in [-0.3, -0.25) is 0 Å². The van der Waals surface area contributed by atoms with Crippen molar-refractivity contribution >= 4 is 17.4 Å². The maximum atomic E-state index is 6.15. The van der Waals surface area contributed by atoms with Crippen molar-refractivity contribution in [2.75, 3.05) is 27.4 Å². The van der Waals surface area contributed by atoms with E-state index in [0.29, 0.717) is 30.0 Å². The summed E-state index contributed by atoms with van der Waals surface area (Å²) in [6, 6.07) is 9.85. The van der Waals surface area contributed by atoms with Crippen molar-refractivity contribution in [3.63, 3.8) is 0 Å². The largest absolute Gasteiger partial charge is 0.382 e. The fourth-order valence-electron chi connectivity index (χ4n) is 1.88. The van der Waals surface area contributed by atoms with Crippen LogP contribution in [0.2, 0.25) is 5.15 Å². The van der Waals surface area contributed by atoms with Crippen molar-refractivity contribution < 1.29 is 9.47 Å². The molecule has 7 heteroatoms. The Morgan fingerprint density at radius 1 is 1.04 bits per heavy atom. The molecule has 0 spiro atoms. The van der Waals surface area contributed by atoms with Crippen LogP contribution >= 0.6 is 11.6 Å². The van der Waals surface area contributed by atoms with Crippen LogP contribution in [0.25, 0.3) is 16.9 Å². The molecule has 0 atom stereocenters. The van der Waals surface area contributed by atoms with Crippen LogP contribution in [0.15, 0.2) is 36.5 Å². The average molecular weight is 335 g/mol. The molecule has 0 radical (unpaired) electrons. The number of fused-ring (bicyclic) bond motifs is 1. The fraction of sp³-hybridized carbons (Fsp3) is 0.312. The first-order valence-electron chi connectivity index (χ1n) is 7.08. The molecule has 6 nitrogen and oxygen atoms in total. The molecule has 3 rings (SSSR count). The summed E-state index contributed by atoms with van der Waals surface area (Å²) in [4.78, 5) is 8.39. The number of halogens is 1. The first-order chi connectivity index (χ1) is 11.2. The van der Waals surface area contributed by atoms with E-state index in [1.165, 1.54) is 0 Å². The molecule has 3 aromatic rings. The number of ether oxygens (including phenoxy) is 2. The lowest BCUT2D eigenvalue weighted by Gasteiger charge is -2.03. The number of methoxy groups -OCH3 is 2. The van der Waals surface area contributed by atoms with E-state index < -0.39 is 0 Å². The Morgan fingerprint density at radius 3 is 2.30 bits per heavy atom. The lowest BCUT2D eigenvalue weighted by molar-refractivity contribution is 0.103. The zero-order valence-electron chi connectivity index (χ0n) is 13.4. The number of nitrogens with zero attached hydrogens (tertiary/aromatic N) is 4. The van der Waals surface area contributed by atoms with Crippen molar-refractivity contribution in [1.82, 2.24) is 19.6 Å². The minimum absolute atomic E-state index is 0.441. The molecule has 0 saturated carbocycles. The molecule has 122 valence electrons. The number of rotatable bonds is 4. The highest BCUT2D eigenvalue weighted by molar-refractivity contribution is 6.32. The van der Waals surface area contributed by atoms with E-state index >= 15 is 0 Å². The molecule has 1 aromatic carbocycles. The minimum Gasteiger partial charge on any atom is -0.382 e. The third kappa shape index (κ3) is 4.72. The molecule has 0 unspecified atom stereocenters. The molecule has 0 amide bonds. The van der Waals surface area contributed by atoms with Gasteiger partial charge in [-0.05, 0) is 12.5 Å². The number of aromatic nitrogens is 4. The van der Waals surface area contributed by atoms with E-state index in [9.17, 15) is 0 Å². The molecule has 0 aliphatic carbocycles. The first-order valence-corrected chi connectivity index (χ1v) is 7.46. The average Bonchev–Trinajstić information content (AvgIpc) is 2.92. The van der Waals surface area contributed by atoms with Gasteiger partial charge in [0, 0.05) is 26.0 Å². The highest BCUT2D eigenvalue weighted by Crippen LogP contribution is 2.25. The van der Waals surface area contributed by atoms with Gasteiger partial charge in [-0.15, -0.1) is 0 Å². The number of hydrogen-bond acceptors (Lipinski definition) is 5. The summed E-state index contributed by atoms with van der Waals surface area (Å²) < 4.78 is 11.0.